The van der Waals surface area contributed by atoms with Gasteiger partial charge in [-0.15, -0.1) is 0 Å². The first-order chi connectivity index (χ1) is 12.9. The van der Waals surface area contributed by atoms with Crippen LogP contribution in [-0.4, -0.2) is 24.9 Å². The Balaban J connectivity index is 2.14. The Morgan fingerprint density at radius 1 is 1.11 bits per heavy atom. The third kappa shape index (κ3) is 3.78. The summed E-state index contributed by atoms with van der Waals surface area (Å²) in [5, 5.41) is 37.3. The van der Waals surface area contributed by atoms with Crippen molar-refractivity contribution in [1.82, 2.24) is 9.78 Å². The van der Waals surface area contributed by atoms with Crippen LogP contribution in [0.1, 0.15) is 46.6 Å². The van der Waals surface area contributed by atoms with Gasteiger partial charge in [-0.1, -0.05) is 34.6 Å². The van der Waals surface area contributed by atoms with Crippen molar-refractivity contribution >= 4 is 16.6 Å². The highest BCUT2D eigenvalue weighted by atomic mass is 16.6. The van der Waals surface area contributed by atoms with Crippen molar-refractivity contribution in [2.45, 2.75) is 46.5 Å². The number of hydrogen-bond acceptors (Lipinski definition) is 5. The summed E-state index contributed by atoms with van der Waals surface area (Å²) >= 11 is 0. The Morgan fingerprint density at radius 3 is 2.39 bits per heavy atom. The number of nitrogens with zero attached hydrogens (tertiary/aromatic N) is 3. The predicted molar refractivity (Wildman–Crippen MR) is 108 cm³/mol. The summed E-state index contributed by atoms with van der Waals surface area (Å²) in [6, 6.07) is 7.40. The second kappa shape index (κ2) is 6.51. The molecule has 0 atom stereocenters. The first-order valence-corrected chi connectivity index (χ1v) is 9.08. The largest absolute Gasteiger partial charge is 0.508 e. The quantitative estimate of drug-likeness (QED) is 0.372. The molecule has 0 aliphatic carbocycles. The fourth-order valence-corrected chi connectivity index (χ4v) is 3.97. The topological polar surface area (TPSA) is 101 Å². The molecule has 1 aromatic heterocycles. The van der Waals surface area contributed by atoms with Gasteiger partial charge in [0.2, 0.25) is 0 Å². The van der Waals surface area contributed by atoms with Crippen LogP contribution in [0, 0.1) is 15.5 Å². The number of hydrogen-bond donors (Lipinski definition) is 2. The molecule has 0 fully saturated rings. The summed E-state index contributed by atoms with van der Waals surface area (Å²) in [6.45, 7) is 10.4. The number of nitro benzene ring substituents is 1. The summed E-state index contributed by atoms with van der Waals surface area (Å²) in [7, 11) is 0. The molecule has 0 aliphatic heterocycles. The molecule has 3 aromatic rings. The van der Waals surface area contributed by atoms with E-state index >= 15 is 0 Å². The van der Waals surface area contributed by atoms with Gasteiger partial charge in [-0.3, -0.25) is 10.1 Å². The van der Waals surface area contributed by atoms with Crippen molar-refractivity contribution in [3.8, 4) is 17.2 Å². The van der Waals surface area contributed by atoms with Crippen molar-refractivity contribution in [3.63, 3.8) is 0 Å². The van der Waals surface area contributed by atoms with Gasteiger partial charge in [-0.25, -0.2) is 4.68 Å². The maximum atomic E-state index is 11.0. The van der Waals surface area contributed by atoms with Crippen molar-refractivity contribution in [3.05, 3.63) is 52.2 Å². The minimum atomic E-state index is -0.463. The zero-order valence-corrected chi connectivity index (χ0v) is 16.7. The van der Waals surface area contributed by atoms with Crippen LogP contribution in [0.2, 0.25) is 0 Å². The Morgan fingerprint density at radius 2 is 1.79 bits per heavy atom. The molecule has 7 nitrogen and oxygen atoms in total. The van der Waals surface area contributed by atoms with Crippen molar-refractivity contribution in [1.29, 1.82) is 0 Å². The summed E-state index contributed by atoms with van der Waals surface area (Å²) in [5.74, 6) is 0.0599. The van der Waals surface area contributed by atoms with Gasteiger partial charge in [0, 0.05) is 35.3 Å². The minimum absolute atomic E-state index is 0.0234. The summed E-state index contributed by atoms with van der Waals surface area (Å²) in [5.41, 5.74) is 1.13. The molecule has 0 radical (unpaired) electrons. The first kappa shape index (κ1) is 19.7. The van der Waals surface area contributed by atoms with Gasteiger partial charge in [0.1, 0.15) is 17.2 Å². The fraction of sp³-hybridized carbons (Fsp3) is 0.381. The van der Waals surface area contributed by atoms with E-state index in [1.807, 2.05) is 13.8 Å². The summed E-state index contributed by atoms with van der Waals surface area (Å²) in [4.78, 5) is 10.5. The Kier molecular flexibility index (Phi) is 4.57. The average molecular weight is 383 g/mol. The van der Waals surface area contributed by atoms with E-state index in [-0.39, 0.29) is 28.0 Å². The molecular formula is C21H25N3O4. The molecule has 1 heterocycles. The van der Waals surface area contributed by atoms with Crippen LogP contribution in [-0.2, 0) is 5.41 Å². The smallest absolute Gasteiger partial charge is 0.270 e. The molecule has 0 bridgehead atoms. The van der Waals surface area contributed by atoms with Crippen LogP contribution < -0.4 is 0 Å². The highest BCUT2D eigenvalue weighted by Crippen LogP contribution is 2.43. The SMILES string of the molecule is CC(C)(C)CC(C)(C)c1cc(O)cc(-n2cc3cc([N+](=O)[O-])ccc3n2)c1O. The van der Waals surface area contributed by atoms with Gasteiger partial charge in [0.15, 0.2) is 0 Å². The zero-order chi connectivity index (χ0) is 20.9. The van der Waals surface area contributed by atoms with Gasteiger partial charge < -0.3 is 10.2 Å². The van der Waals surface area contributed by atoms with Gasteiger partial charge >= 0.3 is 0 Å². The number of phenols is 2. The van der Waals surface area contributed by atoms with E-state index in [9.17, 15) is 20.3 Å². The van der Waals surface area contributed by atoms with E-state index in [1.54, 1.807) is 18.3 Å². The molecule has 7 heteroatoms. The third-order valence-corrected chi connectivity index (χ3v) is 4.72. The van der Waals surface area contributed by atoms with E-state index < -0.39 is 4.92 Å². The number of aromatic hydroxyl groups is 2. The van der Waals surface area contributed by atoms with Crippen LogP contribution in [0.4, 0.5) is 5.69 Å². The lowest BCUT2D eigenvalue weighted by Gasteiger charge is -2.33. The summed E-state index contributed by atoms with van der Waals surface area (Å²) in [6.07, 6.45) is 2.40. The maximum Gasteiger partial charge on any atom is 0.270 e. The standard InChI is InChI=1S/C21H25N3O4/c1-20(2,3)12-21(4,5)16-9-15(25)10-18(19(16)26)23-11-13-8-14(24(27)28)6-7-17(13)22-23/h6-11,25-26H,12H2,1-5H3. The molecule has 2 aromatic carbocycles. The monoisotopic (exact) mass is 383 g/mol. The van der Waals surface area contributed by atoms with Crippen molar-refractivity contribution in [2.75, 3.05) is 0 Å². The molecular weight excluding hydrogens is 358 g/mol. The number of benzene rings is 2. The summed E-state index contributed by atoms with van der Waals surface area (Å²) < 4.78 is 1.44. The van der Waals surface area contributed by atoms with E-state index in [0.29, 0.717) is 22.2 Å². The number of fused-ring (bicyclic) bond motifs is 1. The molecule has 28 heavy (non-hydrogen) atoms. The molecule has 0 amide bonds. The van der Waals surface area contributed by atoms with Crippen LogP contribution in [0.25, 0.3) is 16.6 Å². The predicted octanol–water partition coefficient (Wildman–Crippen LogP) is 5.06. The second-order valence-corrected chi connectivity index (χ2v) is 9.06. The first-order valence-electron chi connectivity index (χ1n) is 9.08. The minimum Gasteiger partial charge on any atom is -0.508 e. The van der Waals surface area contributed by atoms with E-state index in [4.69, 9.17) is 0 Å². The lowest BCUT2D eigenvalue weighted by atomic mass is 9.72. The van der Waals surface area contributed by atoms with E-state index in [1.165, 1.54) is 22.9 Å². The molecule has 0 aliphatic rings. The average Bonchev–Trinajstić information content (AvgIpc) is 2.97. The van der Waals surface area contributed by atoms with E-state index in [0.717, 1.165) is 6.42 Å². The molecule has 3 rings (SSSR count). The zero-order valence-electron chi connectivity index (χ0n) is 16.7. The fourth-order valence-electron chi connectivity index (χ4n) is 3.97. The normalized spacial score (nSPS) is 12.5. The Hall–Kier alpha value is -3.09. The third-order valence-electron chi connectivity index (χ3n) is 4.72. The van der Waals surface area contributed by atoms with Crippen LogP contribution in [0.5, 0.6) is 11.5 Å². The highest BCUT2D eigenvalue weighted by molar-refractivity contribution is 5.81. The van der Waals surface area contributed by atoms with Gasteiger partial charge in [0.05, 0.1) is 10.4 Å². The molecule has 2 N–H and O–H groups in total. The van der Waals surface area contributed by atoms with Gasteiger partial charge in [-0.05, 0) is 29.4 Å². The second-order valence-electron chi connectivity index (χ2n) is 9.06. The highest BCUT2D eigenvalue weighted by Gasteiger charge is 2.31. The molecule has 0 unspecified atom stereocenters. The maximum absolute atomic E-state index is 11.0. The van der Waals surface area contributed by atoms with E-state index in [2.05, 4.69) is 25.9 Å². The van der Waals surface area contributed by atoms with Crippen molar-refractivity contribution < 1.29 is 15.1 Å². The van der Waals surface area contributed by atoms with Crippen LogP contribution in [0.15, 0.2) is 36.5 Å². The van der Waals surface area contributed by atoms with Crippen LogP contribution >= 0.6 is 0 Å². The van der Waals surface area contributed by atoms with Crippen LogP contribution in [0.3, 0.4) is 0 Å². The number of nitro groups is 1. The lowest BCUT2D eigenvalue weighted by molar-refractivity contribution is -0.384. The lowest BCUT2D eigenvalue weighted by Crippen LogP contribution is -2.25. The molecule has 0 saturated carbocycles. The van der Waals surface area contributed by atoms with Gasteiger partial charge in [-0.2, -0.15) is 5.10 Å². The molecule has 0 spiro atoms. The molecule has 0 saturated heterocycles. The number of phenolic OH excluding ortho intramolecular Hbond substituents is 2. The number of rotatable bonds is 4. The molecule has 148 valence electrons. The van der Waals surface area contributed by atoms with Gasteiger partial charge in [0.25, 0.3) is 5.69 Å². The number of non-ortho nitro benzene ring substituents is 1. The Labute approximate surface area is 163 Å². The van der Waals surface area contributed by atoms with Crippen molar-refractivity contribution in [2.24, 2.45) is 5.41 Å². The Bertz CT molecular complexity index is 1060. The number of aromatic nitrogens is 2.